The van der Waals surface area contributed by atoms with Crippen molar-refractivity contribution in [2.45, 2.75) is 44.1 Å². The molecule has 3 fully saturated rings. The van der Waals surface area contributed by atoms with E-state index in [0.29, 0.717) is 25.3 Å². The first-order valence-corrected chi connectivity index (χ1v) is 10.1. The highest BCUT2D eigenvalue weighted by molar-refractivity contribution is 5.77. The molecule has 3 saturated heterocycles. The Morgan fingerprint density at radius 1 is 1.15 bits per heavy atom. The lowest BCUT2D eigenvalue weighted by atomic mass is 9.86. The van der Waals surface area contributed by atoms with Gasteiger partial charge >= 0.3 is 0 Å². The highest BCUT2D eigenvalue weighted by Crippen LogP contribution is 2.32. The minimum atomic E-state index is 0.0561. The molecule has 146 valence electrons. The Morgan fingerprint density at radius 3 is 2.65 bits per heavy atom. The van der Waals surface area contributed by atoms with Gasteiger partial charge in [-0.15, -0.1) is 6.58 Å². The molecule has 1 spiro atoms. The van der Waals surface area contributed by atoms with Gasteiger partial charge in [-0.05, 0) is 32.7 Å². The maximum absolute atomic E-state index is 12.4. The van der Waals surface area contributed by atoms with Crippen molar-refractivity contribution < 1.29 is 9.59 Å². The van der Waals surface area contributed by atoms with Crippen molar-refractivity contribution in [2.75, 3.05) is 59.4 Å². The zero-order chi connectivity index (χ0) is 18.6. The second-order valence-electron chi connectivity index (χ2n) is 8.14. The monoisotopic (exact) mass is 362 g/mol. The van der Waals surface area contributed by atoms with Crippen LogP contribution in [0.4, 0.5) is 0 Å². The number of carbonyl (C=O) groups excluding carboxylic acids is 2. The number of hydrogen-bond donors (Lipinski definition) is 0. The fourth-order valence-corrected chi connectivity index (χ4v) is 4.69. The van der Waals surface area contributed by atoms with Crippen molar-refractivity contribution in [3.63, 3.8) is 0 Å². The molecule has 26 heavy (non-hydrogen) atoms. The summed E-state index contributed by atoms with van der Waals surface area (Å²) in [6, 6.07) is 0. The molecule has 6 nitrogen and oxygen atoms in total. The Bertz CT molecular complexity index is 532. The highest BCUT2D eigenvalue weighted by Gasteiger charge is 2.42. The van der Waals surface area contributed by atoms with E-state index in [1.165, 1.54) is 0 Å². The number of nitrogens with zero attached hydrogens (tertiary/aromatic N) is 4. The lowest BCUT2D eigenvalue weighted by Crippen LogP contribution is -2.61. The van der Waals surface area contributed by atoms with Crippen molar-refractivity contribution in [1.82, 2.24) is 19.6 Å². The van der Waals surface area contributed by atoms with Gasteiger partial charge < -0.3 is 9.80 Å². The first-order chi connectivity index (χ1) is 12.5. The summed E-state index contributed by atoms with van der Waals surface area (Å²) < 4.78 is 0. The number of likely N-dealkylation sites (N-methyl/N-ethyl adjacent to an activating group) is 1. The average molecular weight is 363 g/mol. The van der Waals surface area contributed by atoms with Gasteiger partial charge in [-0.3, -0.25) is 19.4 Å². The van der Waals surface area contributed by atoms with Crippen LogP contribution in [-0.2, 0) is 9.59 Å². The Kier molecular flexibility index (Phi) is 6.35. The van der Waals surface area contributed by atoms with Gasteiger partial charge in [0, 0.05) is 70.7 Å². The third-order valence-electron chi connectivity index (χ3n) is 6.53. The third kappa shape index (κ3) is 4.29. The summed E-state index contributed by atoms with van der Waals surface area (Å²) in [6.45, 7) is 10.9. The predicted octanol–water partition coefficient (Wildman–Crippen LogP) is 1.18. The molecule has 0 aromatic rings. The Hall–Kier alpha value is -1.40. The van der Waals surface area contributed by atoms with Gasteiger partial charge in [0.2, 0.25) is 11.8 Å². The summed E-state index contributed by atoms with van der Waals surface area (Å²) in [5, 5.41) is 0. The molecular formula is C20H34N4O2. The van der Waals surface area contributed by atoms with E-state index in [0.717, 1.165) is 71.5 Å². The van der Waals surface area contributed by atoms with Crippen molar-refractivity contribution in [3.8, 4) is 0 Å². The minimum Gasteiger partial charge on any atom is -0.343 e. The fraction of sp³-hybridized carbons (Fsp3) is 0.800. The molecule has 1 unspecified atom stereocenters. The second-order valence-corrected chi connectivity index (χ2v) is 8.14. The molecule has 3 rings (SSSR count). The van der Waals surface area contributed by atoms with E-state index in [1.807, 2.05) is 15.9 Å². The van der Waals surface area contributed by atoms with Gasteiger partial charge in [0.1, 0.15) is 0 Å². The Balaban J connectivity index is 1.57. The number of likely N-dealkylation sites (tertiary alicyclic amines) is 2. The number of carbonyl (C=O) groups is 2. The van der Waals surface area contributed by atoms with Gasteiger partial charge in [0.15, 0.2) is 0 Å². The van der Waals surface area contributed by atoms with Crippen molar-refractivity contribution in [2.24, 2.45) is 0 Å². The summed E-state index contributed by atoms with van der Waals surface area (Å²) in [5.74, 6) is 0.556. The van der Waals surface area contributed by atoms with Crippen molar-refractivity contribution in [1.29, 1.82) is 0 Å². The first-order valence-electron chi connectivity index (χ1n) is 10.1. The molecule has 0 N–H and O–H groups in total. The summed E-state index contributed by atoms with van der Waals surface area (Å²) in [4.78, 5) is 33.6. The highest BCUT2D eigenvalue weighted by atomic mass is 16.2. The summed E-state index contributed by atoms with van der Waals surface area (Å²) in [7, 11) is 2.19. The second kappa shape index (κ2) is 8.53. The lowest BCUT2D eigenvalue weighted by molar-refractivity contribution is -0.131. The molecule has 0 aromatic carbocycles. The van der Waals surface area contributed by atoms with Crippen LogP contribution >= 0.6 is 0 Å². The number of piperazine rings is 1. The van der Waals surface area contributed by atoms with E-state index in [4.69, 9.17) is 0 Å². The largest absolute Gasteiger partial charge is 0.343 e. The molecule has 1 atom stereocenters. The molecular weight excluding hydrogens is 328 g/mol. The van der Waals surface area contributed by atoms with E-state index in [2.05, 4.69) is 23.4 Å². The minimum absolute atomic E-state index is 0.0561. The fourth-order valence-electron chi connectivity index (χ4n) is 4.69. The predicted molar refractivity (Wildman–Crippen MR) is 103 cm³/mol. The van der Waals surface area contributed by atoms with Crippen LogP contribution in [0.5, 0.6) is 0 Å². The van der Waals surface area contributed by atoms with Crippen LogP contribution in [0.15, 0.2) is 12.7 Å². The molecule has 0 aromatic heterocycles. The molecule has 3 aliphatic heterocycles. The number of hydrogen-bond acceptors (Lipinski definition) is 4. The third-order valence-corrected chi connectivity index (χ3v) is 6.53. The Labute approximate surface area is 157 Å². The van der Waals surface area contributed by atoms with Gasteiger partial charge in [0.05, 0.1) is 0 Å². The van der Waals surface area contributed by atoms with Crippen LogP contribution in [0.2, 0.25) is 0 Å². The van der Waals surface area contributed by atoms with Crippen molar-refractivity contribution >= 4 is 11.8 Å². The quantitative estimate of drug-likeness (QED) is 0.689. The number of rotatable bonds is 5. The molecule has 0 aliphatic carbocycles. The molecule has 6 heteroatoms. The maximum atomic E-state index is 12.4. The van der Waals surface area contributed by atoms with Gasteiger partial charge in [-0.1, -0.05) is 6.08 Å². The topological polar surface area (TPSA) is 47.1 Å². The van der Waals surface area contributed by atoms with Crippen LogP contribution in [0.1, 0.15) is 38.5 Å². The zero-order valence-corrected chi connectivity index (χ0v) is 16.3. The zero-order valence-electron chi connectivity index (χ0n) is 16.3. The molecule has 0 radical (unpaired) electrons. The van der Waals surface area contributed by atoms with E-state index >= 15 is 0 Å². The van der Waals surface area contributed by atoms with Crippen LogP contribution < -0.4 is 0 Å². The first kappa shape index (κ1) is 19.4. The van der Waals surface area contributed by atoms with Crippen LogP contribution in [-0.4, -0.2) is 96.4 Å². The Morgan fingerprint density at radius 2 is 1.92 bits per heavy atom. The van der Waals surface area contributed by atoms with E-state index < -0.39 is 0 Å². The standard InChI is InChI=1S/C20H34N4O2/c1-3-10-23-14-9-20(8-6-18(23)25)17-22(16-15-21(20)2)13-7-19(26)24-11-4-5-12-24/h3H,1,4-17H2,2H3. The SMILES string of the molecule is C=CCN1CCC2(CCC1=O)CN(CCC(=O)N1CCCC1)CCN2C. The molecule has 3 heterocycles. The van der Waals surface area contributed by atoms with E-state index in [9.17, 15) is 9.59 Å². The van der Waals surface area contributed by atoms with Gasteiger partial charge in [-0.2, -0.15) is 0 Å². The molecule has 0 saturated carbocycles. The van der Waals surface area contributed by atoms with Gasteiger partial charge in [-0.25, -0.2) is 0 Å². The number of amides is 2. The smallest absolute Gasteiger partial charge is 0.223 e. The van der Waals surface area contributed by atoms with Crippen LogP contribution in [0.3, 0.4) is 0 Å². The van der Waals surface area contributed by atoms with Gasteiger partial charge in [0.25, 0.3) is 0 Å². The van der Waals surface area contributed by atoms with Crippen molar-refractivity contribution in [3.05, 3.63) is 12.7 Å². The molecule has 3 aliphatic rings. The lowest BCUT2D eigenvalue weighted by Gasteiger charge is -2.49. The average Bonchev–Trinajstić information content (AvgIpc) is 3.13. The molecule has 2 amide bonds. The van der Waals surface area contributed by atoms with E-state index in [-0.39, 0.29) is 11.4 Å². The summed E-state index contributed by atoms with van der Waals surface area (Å²) in [5.41, 5.74) is 0.0561. The summed E-state index contributed by atoms with van der Waals surface area (Å²) in [6.07, 6.45) is 7.26. The van der Waals surface area contributed by atoms with Crippen LogP contribution in [0.25, 0.3) is 0 Å². The molecule has 0 bridgehead atoms. The summed E-state index contributed by atoms with van der Waals surface area (Å²) >= 11 is 0. The van der Waals surface area contributed by atoms with E-state index in [1.54, 1.807) is 0 Å². The maximum Gasteiger partial charge on any atom is 0.223 e. The normalized spacial score (nSPS) is 28.6. The van der Waals surface area contributed by atoms with Crippen LogP contribution in [0, 0.1) is 0 Å².